The zero-order chi connectivity index (χ0) is 13.4. The van der Waals surface area contributed by atoms with Crippen molar-refractivity contribution < 1.29 is 9.18 Å². The average Bonchev–Trinajstić information content (AvgIpc) is 2.31. The predicted octanol–water partition coefficient (Wildman–Crippen LogP) is 1.87. The monoisotopic (exact) mass is 252 g/mol. The molecule has 0 bridgehead atoms. The van der Waals surface area contributed by atoms with Crippen LogP contribution < -0.4 is 10.6 Å². The van der Waals surface area contributed by atoms with Crippen LogP contribution in [0.5, 0.6) is 0 Å². The maximum absolute atomic E-state index is 13.3. The molecule has 1 aromatic carbocycles. The molecule has 0 aliphatic rings. The molecule has 0 unspecified atom stereocenters. The molecule has 0 aromatic heterocycles. The largest absolute Gasteiger partial charge is 0.356 e. The smallest absolute Gasteiger partial charge is 0.221 e. The van der Waals surface area contributed by atoms with E-state index in [4.69, 9.17) is 0 Å². The van der Waals surface area contributed by atoms with E-state index in [0.717, 1.165) is 0 Å². The second-order valence-electron chi connectivity index (χ2n) is 4.55. The van der Waals surface area contributed by atoms with Gasteiger partial charge in [0.15, 0.2) is 0 Å². The zero-order valence-electron chi connectivity index (χ0n) is 11.0. The Morgan fingerprint density at radius 2 is 2.00 bits per heavy atom. The van der Waals surface area contributed by atoms with Crippen molar-refractivity contribution in [1.82, 2.24) is 10.6 Å². The summed E-state index contributed by atoms with van der Waals surface area (Å²) in [6.07, 6.45) is 0.978. The topological polar surface area (TPSA) is 41.1 Å². The molecule has 1 rings (SSSR count). The maximum Gasteiger partial charge on any atom is 0.221 e. The van der Waals surface area contributed by atoms with Crippen molar-refractivity contribution in [2.75, 3.05) is 13.1 Å². The molecule has 0 atom stereocenters. The Hall–Kier alpha value is -1.42. The predicted molar refractivity (Wildman–Crippen MR) is 70.9 cm³/mol. The van der Waals surface area contributed by atoms with E-state index in [0.29, 0.717) is 37.5 Å². The molecule has 0 saturated carbocycles. The summed E-state index contributed by atoms with van der Waals surface area (Å²) in [4.78, 5) is 11.5. The number of hydrogen-bond donors (Lipinski definition) is 2. The molecule has 18 heavy (non-hydrogen) atoms. The van der Waals surface area contributed by atoms with Gasteiger partial charge in [0.2, 0.25) is 5.91 Å². The molecule has 0 heterocycles. The van der Waals surface area contributed by atoms with E-state index in [9.17, 15) is 9.18 Å². The van der Waals surface area contributed by atoms with Gasteiger partial charge in [-0.3, -0.25) is 4.79 Å². The summed E-state index contributed by atoms with van der Waals surface area (Å²) in [5.41, 5.74) is 0.637. The number of nitrogens with one attached hydrogen (secondary N) is 2. The van der Waals surface area contributed by atoms with Gasteiger partial charge in [0.1, 0.15) is 5.82 Å². The normalized spacial score (nSPS) is 10.7. The van der Waals surface area contributed by atoms with Crippen molar-refractivity contribution in [3.8, 4) is 0 Å². The third kappa shape index (κ3) is 5.77. The third-order valence-electron chi connectivity index (χ3n) is 2.58. The number of halogens is 1. The molecule has 0 aliphatic heterocycles. The van der Waals surface area contributed by atoms with Gasteiger partial charge in [0.25, 0.3) is 0 Å². The molecule has 3 nitrogen and oxygen atoms in total. The number of benzene rings is 1. The summed E-state index contributed by atoms with van der Waals surface area (Å²) >= 11 is 0. The summed E-state index contributed by atoms with van der Waals surface area (Å²) in [5.74, 6) is -0.215. The van der Waals surface area contributed by atoms with E-state index < -0.39 is 0 Å². The van der Waals surface area contributed by atoms with Crippen LogP contribution in [0.15, 0.2) is 24.3 Å². The van der Waals surface area contributed by atoms with Crippen LogP contribution in [0.25, 0.3) is 0 Å². The first-order valence-corrected chi connectivity index (χ1v) is 6.33. The minimum absolute atomic E-state index is 0.000473. The molecule has 0 fully saturated rings. The first-order chi connectivity index (χ1) is 8.59. The number of amides is 1. The third-order valence-corrected chi connectivity index (χ3v) is 2.58. The molecule has 1 aromatic rings. The lowest BCUT2D eigenvalue weighted by atomic mass is 10.1. The van der Waals surface area contributed by atoms with Crippen LogP contribution in [0.4, 0.5) is 4.39 Å². The van der Waals surface area contributed by atoms with E-state index >= 15 is 0 Å². The van der Waals surface area contributed by atoms with Crippen molar-refractivity contribution in [1.29, 1.82) is 0 Å². The van der Waals surface area contributed by atoms with E-state index in [2.05, 4.69) is 10.6 Å². The first-order valence-electron chi connectivity index (χ1n) is 6.33. The number of carbonyl (C=O) groups excluding carboxylic acids is 1. The number of carbonyl (C=O) groups is 1. The molecule has 4 heteroatoms. The van der Waals surface area contributed by atoms with Gasteiger partial charge < -0.3 is 10.6 Å². The highest BCUT2D eigenvalue weighted by Gasteiger charge is 2.03. The quantitative estimate of drug-likeness (QED) is 0.778. The fourth-order valence-electron chi connectivity index (χ4n) is 1.60. The van der Waals surface area contributed by atoms with E-state index in [1.807, 2.05) is 13.8 Å². The van der Waals surface area contributed by atoms with Crippen molar-refractivity contribution in [2.45, 2.75) is 32.7 Å². The maximum atomic E-state index is 13.3. The van der Waals surface area contributed by atoms with E-state index in [1.165, 1.54) is 6.07 Å². The Kier molecular flexibility index (Phi) is 6.36. The van der Waals surface area contributed by atoms with E-state index in [-0.39, 0.29) is 11.7 Å². The number of rotatable bonds is 7. The van der Waals surface area contributed by atoms with Crippen LogP contribution >= 0.6 is 0 Å². The van der Waals surface area contributed by atoms with Crippen molar-refractivity contribution in [3.05, 3.63) is 35.6 Å². The first kappa shape index (κ1) is 14.6. The molecular weight excluding hydrogens is 231 g/mol. The van der Waals surface area contributed by atoms with Gasteiger partial charge in [0, 0.05) is 25.6 Å². The van der Waals surface area contributed by atoms with Gasteiger partial charge in [-0.2, -0.15) is 0 Å². The second kappa shape index (κ2) is 7.82. The second-order valence-corrected chi connectivity index (χ2v) is 4.55. The Balaban J connectivity index is 2.18. The Labute approximate surface area is 108 Å². The van der Waals surface area contributed by atoms with Crippen LogP contribution in [0.1, 0.15) is 25.8 Å². The molecule has 2 N–H and O–H groups in total. The summed E-state index contributed by atoms with van der Waals surface area (Å²) in [6.45, 7) is 5.22. The highest BCUT2D eigenvalue weighted by atomic mass is 19.1. The van der Waals surface area contributed by atoms with Gasteiger partial charge >= 0.3 is 0 Å². The van der Waals surface area contributed by atoms with Crippen LogP contribution in [0, 0.1) is 5.82 Å². The SMILES string of the molecule is CC(C)NCCC(=O)NCCc1ccccc1F. The molecule has 0 spiro atoms. The molecule has 0 radical (unpaired) electrons. The van der Waals surface area contributed by atoms with Gasteiger partial charge in [-0.25, -0.2) is 4.39 Å². The van der Waals surface area contributed by atoms with Crippen LogP contribution in [-0.4, -0.2) is 25.0 Å². The number of hydrogen-bond acceptors (Lipinski definition) is 2. The molecule has 1 amide bonds. The minimum atomic E-state index is -0.215. The van der Waals surface area contributed by atoms with Gasteiger partial charge in [0.05, 0.1) is 0 Å². The Bertz CT molecular complexity index is 380. The standard InChI is InChI=1S/C14H21FN2O/c1-11(2)16-10-8-14(18)17-9-7-12-5-3-4-6-13(12)15/h3-6,11,16H,7-10H2,1-2H3,(H,17,18). The summed E-state index contributed by atoms with van der Waals surface area (Å²) < 4.78 is 13.3. The van der Waals surface area contributed by atoms with Crippen LogP contribution in [-0.2, 0) is 11.2 Å². The highest BCUT2D eigenvalue weighted by molar-refractivity contribution is 5.76. The lowest BCUT2D eigenvalue weighted by molar-refractivity contribution is -0.120. The Morgan fingerprint density at radius 1 is 1.28 bits per heavy atom. The minimum Gasteiger partial charge on any atom is -0.356 e. The van der Waals surface area contributed by atoms with Gasteiger partial charge in [-0.1, -0.05) is 32.0 Å². The lowest BCUT2D eigenvalue weighted by Crippen LogP contribution is -2.31. The fourth-order valence-corrected chi connectivity index (χ4v) is 1.60. The van der Waals surface area contributed by atoms with Crippen molar-refractivity contribution in [2.24, 2.45) is 0 Å². The zero-order valence-corrected chi connectivity index (χ0v) is 11.0. The average molecular weight is 252 g/mol. The fraction of sp³-hybridized carbons (Fsp3) is 0.500. The van der Waals surface area contributed by atoms with Gasteiger partial charge in [-0.15, -0.1) is 0 Å². The summed E-state index contributed by atoms with van der Waals surface area (Å²) in [6, 6.07) is 7.02. The van der Waals surface area contributed by atoms with Crippen molar-refractivity contribution >= 4 is 5.91 Å². The summed E-state index contributed by atoms with van der Waals surface area (Å²) in [5, 5.41) is 5.96. The Morgan fingerprint density at radius 3 is 2.67 bits per heavy atom. The lowest BCUT2D eigenvalue weighted by Gasteiger charge is -2.08. The van der Waals surface area contributed by atoms with Crippen LogP contribution in [0.3, 0.4) is 0 Å². The molecular formula is C14H21FN2O. The van der Waals surface area contributed by atoms with E-state index in [1.54, 1.807) is 18.2 Å². The van der Waals surface area contributed by atoms with Crippen LogP contribution in [0.2, 0.25) is 0 Å². The molecule has 0 saturated heterocycles. The van der Waals surface area contributed by atoms with Gasteiger partial charge in [-0.05, 0) is 18.1 Å². The summed E-state index contributed by atoms with van der Waals surface area (Å²) in [7, 11) is 0. The highest BCUT2D eigenvalue weighted by Crippen LogP contribution is 2.06. The van der Waals surface area contributed by atoms with Crippen molar-refractivity contribution in [3.63, 3.8) is 0 Å². The molecule has 100 valence electrons. The molecule has 0 aliphatic carbocycles.